The summed E-state index contributed by atoms with van der Waals surface area (Å²) in [4.78, 5) is 23.0. The minimum Gasteiger partial charge on any atom is -0.481 e. The van der Waals surface area contributed by atoms with E-state index in [1.54, 1.807) is 0 Å². The Kier molecular flexibility index (Phi) is 12.9. The summed E-state index contributed by atoms with van der Waals surface area (Å²) in [5.74, 6) is -1.95. The van der Waals surface area contributed by atoms with E-state index in [0.29, 0.717) is 18.1 Å². The van der Waals surface area contributed by atoms with Gasteiger partial charge in [0, 0.05) is 20.1 Å². The third kappa shape index (κ3) is 10.1. The normalized spacial score (nSPS) is 12.7. The lowest BCUT2D eigenvalue weighted by atomic mass is 9.96. The maximum atomic E-state index is 12.1. The van der Waals surface area contributed by atoms with Crippen LogP contribution in [0.25, 0.3) is 0 Å². The summed E-state index contributed by atoms with van der Waals surface area (Å²) < 4.78 is 6.94. The molecule has 2 unspecified atom stereocenters. The van der Waals surface area contributed by atoms with Crippen LogP contribution in [0.4, 0.5) is 0 Å². The molecule has 0 aliphatic carbocycles. The Balaban J connectivity index is 1.59. The molecule has 2 atom stereocenters. The van der Waals surface area contributed by atoms with Crippen molar-refractivity contribution in [2.45, 2.75) is 87.3 Å². The third-order valence-corrected chi connectivity index (χ3v) is 7.89. The zero-order valence-electron chi connectivity index (χ0n) is 22.4. The number of tetrazole rings is 1. The summed E-state index contributed by atoms with van der Waals surface area (Å²) >= 11 is 1.23. The van der Waals surface area contributed by atoms with Gasteiger partial charge in [-0.15, -0.1) is 5.10 Å². The molecule has 0 fully saturated rings. The Hall–Kier alpha value is -3.24. The predicted molar refractivity (Wildman–Crippen MR) is 150 cm³/mol. The fourth-order valence-corrected chi connectivity index (χ4v) is 5.86. The summed E-state index contributed by atoms with van der Waals surface area (Å²) in [5, 5.41) is 30.5. The average molecular weight is 555 g/mol. The highest BCUT2D eigenvalue weighted by Crippen LogP contribution is 2.40. The largest absolute Gasteiger partial charge is 0.481 e. The van der Waals surface area contributed by atoms with Crippen LogP contribution in [0, 0.1) is 0 Å². The van der Waals surface area contributed by atoms with Gasteiger partial charge in [-0.1, -0.05) is 92.0 Å². The number of carboxylic acids is 2. The molecule has 3 rings (SSSR count). The van der Waals surface area contributed by atoms with Gasteiger partial charge in [0.25, 0.3) is 0 Å². The minimum absolute atomic E-state index is 0.000916. The van der Waals surface area contributed by atoms with E-state index in [1.165, 1.54) is 54.8 Å². The zero-order valence-corrected chi connectivity index (χ0v) is 23.3. The van der Waals surface area contributed by atoms with Crippen LogP contribution in [-0.2, 0) is 33.7 Å². The van der Waals surface area contributed by atoms with Crippen LogP contribution in [0.3, 0.4) is 0 Å². The lowest BCUT2D eigenvalue weighted by molar-refractivity contribution is -0.148. The maximum absolute atomic E-state index is 12.1. The molecule has 0 spiro atoms. The second-order valence-electron chi connectivity index (χ2n) is 9.52. The SMILES string of the molecule is COC(C(=O)O)C(Sc1nnnn1CCCC(=O)O)c1ccccc1CCCCCCCCc1ccccc1. The topological polar surface area (TPSA) is 127 Å². The second-order valence-corrected chi connectivity index (χ2v) is 10.6. The number of methoxy groups -OCH3 is 1. The first-order chi connectivity index (χ1) is 19.0. The number of ether oxygens (including phenoxy) is 1. The van der Waals surface area contributed by atoms with Crippen LogP contribution in [0.5, 0.6) is 0 Å². The molecule has 9 nitrogen and oxygen atoms in total. The van der Waals surface area contributed by atoms with E-state index < -0.39 is 23.3 Å². The number of carboxylic acid groups (broad SMARTS) is 2. The zero-order chi connectivity index (χ0) is 27.9. The van der Waals surface area contributed by atoms with Crippen LogP contribution >= 0.6 is 11.8 Å². The number of rotatable bonds is 19. The van der Waals surface area contributed by atoms with Gasteiger partial charge in [0.15, 0.2) is 6.10 Å². The van der Waals surface area contributed by atoms with Gasteiger partial charge in [0.05, 0.1) is 5.25 Å². The minimum atomic E-state index is -1.11. The first-order valence-electron chi connectivity index (χ1n) is 13.5. The molecule has 2 N–H and O–H groups in total. The summed E-state index contributed by atoms with van der Waals surface area (Å²) in [6.45, 7) is 0.325. The molecule has 0 radical (unpaired) electrons. The van der Waals surface area contributed by atoms with Crippen LogP contribution in [0.2, 0.25) is 0 Å². The van der Waals surface area contributed by atoms with Crippen molar-refractivity contribution in [1.29, 1.82) is 0 Å². The third-order valence-electron chi connectivity index (χ3n) is 6.63. The van der Waals surface area contributed by atoms with E-state index >= 15 is 0 Å². The van der Waals surface area contributed by atoms with Crippen LogP contribution in [0.1, 0.15) is 73.3 Å². The van der Waals surface area contributed by atoms with Crippen LogP contribution < -0.4 is 0 Å². The smallest absolute Gasteiger partial charge is 0.334 e. The van der Waals surface area contributed by atoms with Gasteiger partial charge in [0.2, 0.25) is 5.16 Å². The van der Waals surface area contributed by atoms with E-state index in [1.807, 2.05) is 30.3 Å². The predicted octanol–water partition coefficient (Wildman–Crippen LogP) is 5.60. The van der Waals surface area contributed by atoms with Crippen molar-refractivity contribution in [2.24, 2.45) is 0 Å². The molecular weight excluding hydrogens is 516 g/mol. The summed E-state index contributed by atoms with van der Waals surface area (Å²) in [6.07, 6.45) is 8.18. The first kappa shape index (κ1) is 30.3. The highest BCUT2D eigenvalue weighted by atomic mass is 32.2. The lowest BCUT2D eigenvalue weighted by Gasteiger charge is -2.24. The van der Waals surface area contributed by atoms with Crippen LogP contribution in [0.15, 0.2) is 59.8 Å². The van der Waals surface area contributed by atoms with Crippen molar-refractivity contribution in [3.05, 3.63) is 71.3 Å². The fourth-order valence-electron chi connectivity index (χ4n) is 4.59. The number of hydrogen-bond acceptors (Lipinski definition) is 7. The Morgan fingerprint density at radius 2 is 1.56 bits per heavy atom. The maximum Gasteiger partial charge on any atom is 0.334 e. The summed E-state index contributed by atoms with van der Waals surface area (Å²) in [7, 11) is 1.39. The first-order valence-corrected chi connectivity index (χ1v) is 14.4. The molecule has 3 aromatic rings. The van der Waals surface area contributed by atoms with Crippen molar-refractivity contribution >= 4 is 23.7 Å². The van der Waals surface area contributed by atoms with E-state index in [9.17, 15) is 14.7 Å². The highest BCUT2D eigenvalue weighted by Gasteiger charge is 2.33. The molecule has 39 heavy (non-hydrogen) atoms. The number of aliphatic carboxylic acids is 2. The van der Waals surface area contributed by atoms with Crippen molar-refractivity contribution in [1.82, 2.24) is 20.2 Å². The van der Waals surface area contributed by atoms with Crippen LogP contribution in [-0.4, -0.2) is 55.6 Å². The average Bonchev–Trinajstić information content (AvgIpc) is 3.37. The fraction of sp³-hybridized carbons (Fsp3) is 0.483. The Bertz CT molecular complexity index is 1160. The van der Waals surface area contributed by atoms with E-state index in [0.717, 1.165) is 36.8 Å². The second kappa shape index (κ2) is 16.7. The highest BCUT2D eigenvalue weighted by molar-refractivity contribution is 7.99. The standard InChI is InChI=1S/C29H38N4O5S/c1-38-26(28(36)37)27(39-29-30-31-32-33(29)21-13-20-25(34)35)24-19-12-11-18-23(24)17-10-5-3-2-4-7-14-22-15-8-6-9-16-22/h6,8-9,11-12,15-16,18-19,26-27H,2-5,7,10,13-14,17,20-21H2,1H3,(H,34,35)(H,36,37). The van der Waals surface area contributed by atoms with Gasteiger partial charge in [-0.2, -0.15) is 0 Å². The molecule has 0 saturated heterocycles. The van der Waals surface area contributed by atoms with Gasteiger partial charge >= 0.3 is 11.9 Å². The molecule has 1 heterocycles. The molecule has 1 aromatic heterocycles. The number of benzene rings is 2. The molecule has 2 aromatic carbocycles. The number of aromatic nitrogens is 4. The van der Waals surface area contributed by atoms with Gasteiger partial charge in [-0.3, -0.25) is 4.79 Å². The number of unbranched alkanes of at least 4 members (excludes halogenated alkanes) is 5. The number of thioether (sulfide) groups is 1. The number of carbonyl (C=O) groups is 2. The van der Waals surface area contributed by atoms with Crippen molar-refractivity contribution in [2.75, 3.05) is 7.11 Å². The molecular formula is C29H38N4O5S. The van der Waals surface area contributed by atoms with Crippen molar-refractivity contribution in [3.8, 4) is 0 Å². The Morgan fingerprint density at radius 1 is 0.897 bits per heavy atom. The Labute approximate surface area is 234 Å². The molecule has 0 aliphatic heterocycles. The van der Waals surface area contributed by atoms with Gasteiger partial charge in [-0.05, 0) is 59.2 Å². The Morgan fingerprint density at radius 3 is 2.26 bits per heavy atom. The summed E-state index contributed by atoms with van der Waals surface area (Å²) in [5.41, 5.74) is 3.37. The molecule has 0 amide bonds. The number of hydrogen-bond donors (Lipinski definition) is 2. The summed E-state index contributed by atoms with van der Waals surface area (Å²) in [6, 6.07) is 18.5. The van der Waals surface area contributed by atoms with Crippen molar-refractivity contribution in [3.63, 3.8) is 0 Å². The molecule has 10 heteroatoms. The molecule has 0 saturated carbocycles. The molecule has 210 valence electrons. The van der Waals surface area contributed by atoms with Gasteiger partial charge in [-0.25, -0.2) is 9.48 Å². The van der Waals surface area contributed by atoms with Gasteiger partial charge < -0.3 is 14.9 Å². The number of aryl methyl sites for hydroxylation is 3. The monoisotopic (exact) mass is 554 g/mol. The van der Waals surface area contributed by atoms with Gasteiger partial charge in [0.1, 0.15) is 0 Å². The number of nitrogens with zero attached hydrogens (tertiary/aromatic N) is 4. The lowest BCUT2D eigenvalue weighted by Crippen LogP contribution is -2.29. The quantitative estimate of drug-likeness (QED) is 0.144. The molecule has 0 bridgehead atoms. The van der Waals surface area contributed by atoms with E-state index in [2.05, 4.69) is 39.8 Å². The van der Waals surface area contributed by atoms with E-state index in [4.69, 9.17) is 9.84 Å². The van der Waals surface area contributed by atoms with Crippen molar-refractivity contribution < 1.29 is 24.5 Å². The van der Waals surface area contributed by atoms with E-state index in [-0.39, 0.29) is 6.42 Å². The molecule has 0 aliphatic rings.